The van der Waals surface area contributed by atoms with Gasteiger partial charge in [-0.1, -0.05) is 65.4 Å². The molecule has 0 atom stereocenters. The SMILES string of the molecule is C=C(NC(CCC)CCC)c1[nH]ncc1C#Cc1cccnc1.CCC. The molecule has 2 rings (SSSR count). The highest BCUT2D eigenvalue weighted by atomic mass is 15.1. The van der Waals surface area contributed by atoms with Crippen LogP contribution in [-0.2, 0) is 0 Å². The van der Waals surface area contributed by atoms with Crippen LogP contribution in [0.3, 0.4) is 0 Å². The van der Waals surface area contributed by atoms with Gasteiger partial charge in [0.05, 0.1) is 23.2 Å². The van der Waals surface area contributed by atoms with Crippen molar-refractivity contribution in [3.05, 3.63) is 54.1 Å². The lowest BCUT2D eigenvalue weighted by atomic mass is 10.1. The van der Waals surface area contributed by atoms with E-state index in [9.17, 15) is 0 Å². The average molecular weight is 353 g/mol. The largest absolute Gasteiger partial charge is 0.381 e. The Kier molecular flexibility index (Phi) is 10.6. The van der Waals surface area contributed by atoms with Gasteiger partial charge in [0.1, 0.15) is 0 Å². The van der Waals surface area contributed by atoms with Gasteiger partial charge < -0.3 is 5.32 Å². The molecule has 0 spiro atoms. The van der Waals surface area contributed by atoms with Gasteiger partial charge in [0.15, 0.2) is 0 Å². The molecule has 2 aromatic heterocycles. The predicted molar refractivity (Wildman–Crippen MR) is 111 cm³/mol. The Hall–Kier alpha value is -2.54. The number of aromatic nitrogens is 3. The Morgan fingerprint density at radius 2 is 1.85 bits per heavy atom. The van der Waals surface area contributed by atoms with Gasteiger partial charge in [-0.25, -0.2) is 0 Å². The monoisotopic (exact) mass is 352 g/mol. The standard InChI is InChI=1S/C19H24N4.C3H8/c1-4-7-18(8-5-2)22-15(3)19-17(14-21-23-19)11-10-16-9-6-12-20-13-16;1-3-2/h6,9,12-14,18,22H,3-5,7-8H2,1-2H3,(H,21,23);3H2,1-2H3. The summed E-state index contributed by atoms with van der Waals surface area (Å²) in [4.78, 5) is 4.07. The van der Waals surface area contributed by atoms with Crippen LogP contribution in [0, 0.1) is 11.8 Å². The molecule has 0 aromatic carbocycles. The molecular formula is C22H32N4. The highest BCUT2D eigenvalue weighted by molar-refractivity contribution is 5.65. The molecule has 2 aromatic rings. The second-order valence-electron chi connectivity index (χ2n) is 6.25. The van der Waals surface area contributed by atoms with E-state index in [1.807, 2.05) is 12.1 Å². The molecule has 0 aliphatic carbocycles. The van der Waals surface area contributed by atoms with Crippen LogP contribution in [0.1, 0.15) is 76.6 Å². The molecule has 0 saturated heterocycles. The van der Waals surface area contributed by atoms with Crippen LogP contribution in [-0.4, -0.2) is 21.2 Å². The molecule has 26 heavy (non-hydrogen) atoms. The highest BCUT2D eigenvalue weighted by Gasteiger charge is 2.12. The van der Waals surface area contributed by atoms with Crippen LogP contribution in [0.25, 0.3) is 5.70 Å². The second-order valence-corrected chi connectivity index (χ2v) is 6.25. The van der Waals surface area contributed by atoms with E-state index in [1.165, 1.54) is 6.42 Å². The zero-order valence-electron chi connectivity index (χ0n) is 16.6. The zero-order valence-corrected chi connectivity index (χ0v) is 16.6. The summed E-state index contributed by atoms with van der Waals surface area (Å²) in [5, 5.41) is 10.6. The van der Waals surface area contributed by atoms with E-state index in [0.717, 1.165) is 48.2 Å². The maximum atomic E-state index is 4.15. The first-order valence-corrected chi connectivity index (χ1v) is 9.57. The Morgan fingerprint density at radius 3 is 2.42 bits per heavy atom. The number of hydrogen-bond donors (Lipinski definition) is 2. The minimum atomic E-state index is 0.444. The van der Waals surface area contributed by atoms with E-state index in [4.69, 9.17) is 0 Å². The van der Waals surface area contributed by atoms with Gasteiger partial charge in [-0.2, -0.15) is 5.10 Å². The van der Waals surface area contributed by atoms with Crippen molar-refractivity contribution < 1.29 is 0 Å². The number of hydrogen-bond acceptors (Lipinski definition) is 3. The minimum Gasteiger partial charge on any atom is -0.381 e. The number of nitrogens with zero attached hydrogens (tertiary/aromatic N) is 2. The third-order valence-electron chi connectivity index (χ3n) is 3.60. The summed E-state index contributed by atoms with van der Waals surface area (Å²) in [5.41, 5.74) is 3.44. The van der Waals surface area contributed by atoms with E-state index >= 15 is 0 Å². The minimum absolute atomic E-state index is 0.444. The molecule has 140 valence electrons. The topological polar surface area (TPSA) is 53.6 Å². The summed E-state index contributed by atoms with van der Waals surface area (Å²) in [6, 6.07) is 4.26. The summed E-state index contributed by atoms with van der Waals surface area (Å²) >= 11 is 0. The quantitative estimate of drug-likeness (QED) is 0.678. The summed E-state index contributed by atoms with van der Waals surface area (Å²) in [7, 11) is 0. The van der Waals surface area contributed by atoms with Crippen LogP contribution in [0.5, 0.6) is 0 Å². The van der Waals surface area contributed by atoms with Crippen LogP contribution in [0.4, 0.5) is 0 Å². The van der Waals surface area contributed by atoms with Crippen molar-refractivity contribution in [1.82, 2.24) is 20.5 Å². The molecule has 0 amide bonds. The fourth-order valence-corrected chi connectivity index (χ4v) is 2.49. The molecule has 0 aliphatic heterocycles. The van der Waals surface area contributed by atoms with Crippen molar-refractivity contribution >= 4 is 5.70 Å². The first kappa shape index (κ1) is 21.5. The van der Waals surface area contributed by atoms with Gasteiger partial charge in [0.2, 0.25) is 0 Å². The van der Waals surface area contributed by atoms with E-state index < -0.39 is 0 Å². The van der Waals surface area contributed by atoms with Gasteiger partial charge in [0, 0.05) is 24.0 Å². The van der Waals surface area contributed by atoms with Crippen LogP contribution >= 0.6 is 0 Å². The van der Waals surface area contributed by atoms with Crippen LogP contribution in [0.2, 0.25) is 0 Å². The van der Waals surface area contributed by atoms with E-state index in [2.05, 4.69) is 66.6 Å². The van der Waals surface area contributed by atoms with E-state index in [0.29, 0.717) is 6.04 Å². The number of H-pyrrole nitrogens is 1. The van der Waals surface area contributed by atoms with Crippen molar-refractivity contribution in [2.45, 2.75) is 65.8 Å². The molecule has 0 unspecified atom stereocenters. The average Bonchev–Trinajstić information content (AvgIpc) is 3.11. The van der Waals surface area contributed by atoms with Gasteiger partial charge in [0.25, 0.3) is 0 Å². The predicted octanol–water partition coefficient (Wildman–Crippen LogP) is 5.15. The maximum Gasteiger partial charge on any atom is 0.0959 e. The molecule has 0 fully saturated rings. The zero-order chi connectivity index (χ0) is 19.2. The molecule has 4 nitrogen and oxygen atoms in total. The van der Waals surface area contributed by atoms with Gasteiger partial charge >= 0.3 is 0 Å². The van der Waals surface area contributed by atoms with Gasteiger partial charge in [-0.05, 0) is 25.0 Å². The fraction of sp³-hybridized carbons (Fsp3) is 0.455. The Labute approximate surface area is 158 Å². The number of aromatic amines is 1. The third-order valence-corrected chi connectivity index (χ3v) is 3.60. The number of pyridine rings is 1. The first-order valence-electron chi connectivity index (χ1n) is 9.57. The number of rotatable bonds is 7. The lowest BCUT2D eigenvalue weighted by Gasteiger charge is -2.19. The highest BCUT2D eigenvalue weighted by Crippen LogP contribution is 2.15. The maximum absolute atomic E-state index is 4.15. The van der Waals surface area contributed by atoms with Crippen molar-refractivity contribution in [2.24, 2.45) is 0 Å². The molecule has 4 heteroatoms. The Bertz CT molecular complexity index is 686. The molecule has 0 radical (unpaired) electrons. The van der Waals surface area contributed by atoms with Crippen LogP contribution in [0.15, 0.2) is 37.3 Å². The lowest BCUT2D eigenvalue weighted by molar-refractivity contribution is 0.501. The van der Waals surface area contributed by atoms with Gasteiger partial charge in [-0.3, -0.25) is 10.1 Å². The van der Waals surface area contributed by atoms with Crippen molar-refractivity contribution in [1.29, 1.82) is 0 Å². The van der Waals surface area contributed by atoms with Crippen molar-refractivity contribution in [3.63, 3.8) is 0 Å². The van der Waals surface area contributed by atoms with Crippen LogP contribution < -0.4 is 5.32 Å². The summed E-state index contributed by atoms with van der Waals surface area (Å²) < 4.78 is 0. The molecule has 2 N–H and O–H groups in total. The third kappa shape index (κ3) is 7.57. The molecule has 2 heterocycles. The van der Waals surface area contributed by atoms with Crippen molar-refractivity contribution in [2.75, 3.05) is 0 Å². The summed E-state index contributed by atoms with van der Waals surface area (Å²) in [5.74, 6) is 6.25. The molecule has 0 saturated carbocycles. The Balaban J connectivity index is 0.00000105. The fourth-order valence-electron chi connectivity index (χ4n) is 2.49. The molecule has 0 aliphatic rings. The number of nitrogens with one attached hydrogen (secondary N) is 2. The summed E-state index contributed by atoms with van der Waals surface area (Å²) in [6.07, 6.45) is 11.1. The van der Waals surface area contributed by atoms with Crippen molar-refractivity contribution in [3.8, 4) is 11.8 Å². The van der Waals surface area contributed by atoms with E-state index in [1.54, 1.807) is 18.6 Å². The lowest BCUT2D eigenvalue weighted by Crippen LogP contribution is -2.27. The van der Waals surface area contributed by atoms with Gasteiger partial charge in [-0.15, -0.1) is 0 Å². The van der Waals surface area contributed by atoms with E-state index in [-0.39, 0.29) is 0 Å². The first-order chi connectivity index (χ1) is 12.7. The molecule has 0 bridgehead atoms. The molecular weight excluding hydrogens is 320 g/mol. The summed E-state index contributed by atoms with van der Waals surface area (Å²) in [6.45, 7) is 12.8. The Morgan fingerprint density at radius 1 is 1.15 bits per heavy atom. The normalized spacial score (nSPS) is 9.73. The smallest absolute Gasteiger partial charge is 0.0959 e. The second kappa shape index (κ2) is 12.8.